The largest absolute Gasteiger partial charge is 0.353 e. The van der Waals surface area contributed by atoms with Gasteiger partial charge in [0.25, 0.3) is 0 Å². The van der Waals surface area contributed by atoms with Crippen molar-refractivity contribution in [2.45, 2.75) is 4.90 Å². The van der Waals surface area contributed by atoms with Crippen LogP contribution in [0.15, 0.2) is 77.1 Å². The molecule has 9 nitrogen and oxygen atoms in total. The van der Waals surface area contributed by atoms with Crippen LogP contribution in [-0.2, 0) is 10.0 Å². The number of anilines is 3. The van der Waals surface area contributed by atoms with Crippen molar-refractivity contribution in [2.24, 2.45) is 0 Å². The summed E-state index contributed by atoms with van der Waals surface area (Å²) in [6.45, 7) is 0.435. The zero-order valence-corrected chi connectivity index (χ0v) is 18.9. The van der Waals surface area contributed by atoms with Crippen LogP contribution in [0, 0.1) is 11.3 Å². The number of sulfonamides is 1. The highest BCUT2D eigenvalue weighted by Crippen LogP contribution is 2.25. The summed E-state index contributed by atoms with van der Waals surface area (Å²) in [7, 11) is -3.59. The van der Waals surface area contributed by atoms with E-state index in [0.29, 0.717) is 23.0 Å². The molecule has 4 rings (SSSR count). The lowest BCUT2D eigenvalue weighted by Gasteiger charge is -2.11. The maximum absolute atomic E-state index is 12.3. The van der Waals surface area contributed by atoms with Crippen molar-refractivity contribution >= 4 is 38.8 Å². The van der Waals surface area contributed by atoms with Crippen LogP contribution >= 0.6 is 11.3 Å². The molecule has 0 spiro atoms. The molecule has 33 heavy (non-hydrogen) atoms. The van der Waals surface area contributed by atoms with E-state index in [2.05, 4.69) is 36.4 Å². The fourth-order valence-corrected chi connectivity index (χ4v) is 4.52. The van der Waals surface area contributed by atoms with Crippen LogP contribution in [0.25, 0.3) is 10.7 Å². The number of hydrogen-bond donors (Lipinski definition) is 3. The zero-order valence-electron chi connectivity index (χ0n) is 17.3. The van der Waals surface area contributed by atoms with Gasteiger partial charge in [-0.05, 0) is 36.4 Å². The summed E-state index contributed by atoms with van der Waals surface area (Å²) >= 11 is 1.45. The monoisotopic (exact) mass is 477 g/mol. The number of hydrogen-bond acceptors (Lipinski definition) is 9. The number of rotatable bonds is 9. The lowest BCUT2D eigenvalue weighted by Crippen LogP contribution is -2.29. The van der Waals surface area contributed by atoms with Gasteiger partial charge in [0, 0.05) is 36.4 Å². The summed E-state index contributed by atoms with van der Waals surface area (Å²) in [5, 5.41) is 17.8. The first-order valence-corrected chi connectivity index (χ1v) is 12.2. The van der Waals surface area contributed by atoms with Gasteiger partial charge in [0.1, 0.15) is 16.5 Å². The van der Waals surface area contributed by atoms with E-state index in [1.54, 1.807) is 54.7 Å². The highest BCUT2D eigenvalue weighted by molar-refractivity contribution is 7.89. The SMILES string of the molecule is N#Cc1ccc(Nc2cc(-c3nccs3)nc(NCCNS(=O)(=O)c3ccccc3)n2)cc1. The second kappa shape index (κ2) is 10.2. The first-order chi connectivity index (χ1) is 16.0. The van der Waals surface area contributed by atoms with Crippen molar-refractivity contribution in [2.75, 3.05) is 23.7 Å². The van der Waals surface area contributed by atoms with Crippen molar-refractivity contribution in [1.82, 2.24) is 19.7 Å². The maximum Gasteiger partial charge on any atom is 0.240 e. The van der Waals surface area contributed by atoms with Gasteiger partial charge in [0.15, 0.2) is 0 Å². The van der Waals surface area contributed by atoms with Gasteiger partial charge >= 0.3 is 0 Å². The Bertz CT molecular complexity index is 1350. The number of nitrogens with one attached hydrogen (secondary N) is 3. The molecule has 0 atom stereocenters. The molecule has 0 saturated heterocycles. The van der Waals surface area contributed by atoms with Gasteiger partial charge in [-0.3, -0.25) is 0 Å². The third-order valence-electron chi connectivity index (χ3n) is 4.42. The summed E-state index contributed by atoms with van der Waals surface area (Å²) < 4.78 is 27.3. The molecule has 166 valence electrons. The zero-order chi connectivity index (χ0) is 23.1. The van der Waals surface area contributed by atoms with Gasteiger partial charge in [-0.25, -0.2) is 23.1 Å². The van der Waals surface area contributed by atoms with Crippen LogP contribution in [0.2, 0.25) is 0 Å². The smallest absolute Gasteiger partial charge is 0.240 e. The van der Waals surface area contributed by atoms with E-state index in [1.807, 2.05) is 5.38 Å². The third kappa shape index (κ3) is 5.89. The summed E-state index contributed by atoms with van der Waals surface area (Å²) in [6, 6.07) is 19.0. The fourth-order valence-electron chi connectivity index (χ4n) is 2.87. The Morgan fingerprint density at radius 3 is 2.48 bits per heavy atom. The van der Waals surface area contributed by atoms with Gasteiger partial charge in [0.2, 0.25) is 16.0 Å². The molecule has 4 aromatic rings. The molecule has 0 radical (unpaired) electrons. The van der Waals surface area contributed by atoms with Gasteiger partial charge in [-0.1, -0.05) is 18.2 Å². The lowest BCUT2D eigenvalue weighted by molar-refractivity contribution is 0.583. The molecule has 0 aliphatic carbocycles. The van der Waals surface area contributed by atoms with E-state index in [1.165, 1.54) is 23.5 Å². The molecule has 3 N–H and O–H groups in total. The molecule has 0 amide bonds. The standard InChI is InChI=1S/C22H19N7O2S2/c23-15-16-6-8-17(9-7-16)27-20-14-19(21-24-12-13-32-21)28-22(29-20)25-10-11-26-33(30,31)18-4-2-1-3-5-18/h1-9,12-14,26H,10-11H2,(H2,25,27,28,29). The Morgan fingerprint density at radius 2 is 1.79 bits per heavy atom. The second-order valence-electron chi connectivity index (χ2n) is 6.75. The molecule has 0 bridgehead atoms. The minimum absolute atomic E-state index is 0.153. The van der Waals surface area contributed by atoms with Crippen molar-refractivity contribution in [1.29, 1.82) is 5.26 Å². The lowest BCUT2D eigenvalue weighted by atomic mass is 10.2. The van der Waals surface area contributed by atoms with Gasteiger partial charge < -0.3 is 10.6 Å². The van der Waals surface area contributed by atoms with Crippen LogP contribution in [0.1, 0.15) is 5.56 Å². The Balaban J connectivity index is 1.47. The van der Waals surface area contributed by atoms with E-state index in [4.69, 9.17) is 5.26 Å². The number of aromatic nitrogens is 3. The predicted molar refractivity (Wildman–Crippen MR) is 128 cm³/mol. The van der Waals surface area contributed by atoms with Gasteiger partial charge in [-0.15, -0.1) is 11.3 Å². The molecule has 2 aromatic carbocycles. The Labute approximate surface area is 195 Å². The van der Waals surface area contributed by atoms with E-state index in [9.17, 15) is 8.42 Å². The number of nitrogens with zero attached hydrogens (tertiary/aromatic N) is 4. The van der Waals surface area contributed by atoms with E-state index < -0.39 is 10.0 Å². The molecular formula is C22H19N7O2S2. The Morgan fingerprint density at radius 1 is 1.00 bits per heavy atom. The summed E-state index contributed by atoms with van der Waals surface area (Å²) in [6.07, 6.45) is 1.70. The first kappa shape index (κ1) is 22.3. The van der Waals surface area contributed by atoms with Crippen LogP contribution in [0.5, 0.6) is 0 Å². The topological polar surface area (TPSA) is 133 Å². The van der Waals surface area contributed by atoms with Crippen LogP contribution in [-0.4, -0.2) is 36.5 Å². The third-order valence-corrected chi connectivity index (χ3v) is 6.69. The Kier molecular flexibility index (Phi) is 6.89. The van der Waals surface area contributed by atoms with Crippen LogP contribution in [0.3, 0.4) is 0 Å². The molecular weight excluding hydrogens is 458 g/mol. The second-order valence-corrected chi connectivity index (χ2v) is 9.41. The van der Waals surface area contributed by atoms with E-state index in [0.717, 1.165) is 10.7 Å². The van der Waals surface area contributed by atoms with Crippen LogP contribution < -0.4 is 15.4 Å². The Hall–Kier alpha value is -3.85. The first-order valence-electron chi connectivity index (χ1n) is 9.88. The van der Waals surface area contributed by atoms with E-state index >= 15 is 0 Å². The highest BCUT2D eigenvalue weighted by Gasteiger charge is 2.13. The van der Waals surface area contributed by atoms with Crippen molar-refractivity contribution < 1.29 is 8.42 Å². The molecule has 0 aliphatic heterocycles. The predicted octanol–water partition coefficient (Wildman–Crippen LogP) is 3.61. The summed E-state index contributed by atoms with van der Waals surface area (Å²) in [5.74, 6) is 0.866. The number of thiazole rings is 1. The molecule has 0 saturated carbocycles. The number of benzene rings is 2. The van der Waals surface area contributed by atoms with Gasteiger partial charge in [0.05, 0.1) is 16.5 Å². The van der Waals surface area contributed by atoms with Crippen LogP contribution in [0.4, 0.5) is 17.5 Å². The minimum atomic E-state index is -3.59. The highest BCUT2D eigenvalue weighted by atomic mass is 32.2. The summed E-state index contributed by atoms with van der Waals surface area (Å²) in [5.41, 5.74) is 1.95. The fraction of sp³-hybridized carbons (Fsp3) is 0.0909. The van der Waals surface area contributed by atoms with E-state index in [-0.39, 0.29) is 18.0 Å². The average molecular weight is 478 g/mol. The molecule has 0 aliphatic rings. The minimum Gasteiger partial charge on any atom is -0.353 e. The van der Waals surface area contributed by atoms with Crippen molar-refractivity contribution in [3.05, 3.63) is 77.8 Å². The quantitative estimate of drug-likeness (QED) is 0.312. The van der Waals surface area contributed by atoms with Crippen molar-refractivity contribution in [3.8, 4) is 16.8 Å². The van der Waals surface area contributed by atoms with Crippen molar-refractivity contribution in [3.63, 3.8) is 0 Å². The molecule has 11 heteroatoms. The maximum atomic E-state index is 12.3. The summed E-state index contributed by atoms with van der Waals surface area (Å²) in [4.78, 5) is 13.5. The average Bonchev–Trinajstić information content (AvgIpc) is 3.38. The molecule has 2 heterocycles. The normalized spacial score (nSPS) is 11.0. The van der Waals surface area contributed by atoms with Gasteiger partial charge in [-0.2, -0.15) is 10.2 Å². The number of nitriles is 1. The molecule has 0 unspecified atom stereocenters. The molecule has 2 aromatic heterocycles. The molecule has 0 fully saturated rings.